The van der Waals surface area contributed by atoms with Crippen LogP contribution >= 0.6 is 11.8 Å². The number of carbonyl (C=O) groups is 1. The van der Waals surface area contributed by atoms with Gasteiger partial charge in [-0.25, -0.2) is 4.98 Å². The maximum atomic E-state index is 12.0. The van der Waals surface area contributed by atoms with Gasteiger partial charge in [-0.3, -0.25) is 9.89 Å². The molecule has 2 unspecified atom stereocenters. The molecule has 1 rings (SSSR count). The Morgan fingerprint density at radius 2 is 2.16 bits per heavy atom. The molecule has 108 valence electrons. The summed E-state index contributed by atoms with van der Waals surface area (Å²) in [6.45, 7) is 7.85. The predicted molar refractivity (Wildman–Crippen MR) is 76.4 cm³/mol. The summed E-state index contributed by atoms with van der Waals surface area (Å²) in [6, 6.07) is -0.149. The van der Waals surface area contributed by atoms with Gasteiger partial charge in [0.15, 0.2) is 0 Å². The van der Waals surface area contributed by atoms with Gasteiger partial charge in [-0.15, -0.1) is 5.10 Å². The molecular weight excluding hydrogens is 264 g/mol. The Hall–Kier alpha value is -1.08. The number of nitrogens with zero attached hydrogens (tertiary/aromatic N) is 2. The van der Waals surface area contributed by atoms with Crippen LogP contribution in [0.3, 0.4) is 0 Å². The van der Waals surface area contributed by atoms with Gasteiger partial charge >= 0.3 is 0 Å². The molecule has 1 aromatic heterocycles. The minimum absolute atomic E-state index is 0.0177. The van der Waals surface area contributed by atoms with E-state index in [1.165, 1.54) is 11.8 Å². The van der Waals surface area contributed by atoms with Crippen molar-refractivity contribution in [2.45, 2.75) is 44.4 Å². The lowest BCUT2D eigenvalue weighted by atomic mass is 9.96. The van der Waals surface area contributed by atoms with Crippen molar-refractivity contribution in [3.8, 4) is 0 Å². The number of aromatic amines is 1. The van der Waals surface area contributed by atoms with E-state index in [-0.39, 0.29) is 35.0 Å². The lowest BCUT2D eigenvalue weighted by Gasteiger charge is -2.20. The summed E-state index contributed by atoms with van der Waals surface area (Å²) >= 11 is 1.51. The van der Waals surface area contributed by atoms with E-state index in [1.54, 1.807) is 0 Å². The van der Waals surface area contributed by atoms with E-state index in [4.69, 9.17) is 0 Å². The first kappa shape index (κ1) is 16.0. The third kappa shape index (κ3) is 4.21. The number of H-pyrrole nitrogens is 1. The number of aliphatic hydroxyl groups is 1. The normalized spacial score (nSPS) is 15.1. The number of hydrogen-bond donors (Lipinski definition) is 3. The summed E-state index contributed by atoms with van der Waals surface area (Å²) in [4.78, 5) is 16.2. The molecule has 0 radical (unpaired) electrons. The van der Waals surface area contributed by atoms with E-state index in [0.29, 0.717) is 5.82 Å². The number of hydrogen-bond acceptors (Lipinski definition) is 5. The number of aliphatic hydroxyl groups excluding tert-OH is 1. The molecular formula is C12H22N4O2S. The molecule has 0 fully saturated rings. The van der Waals surface area contributed by atoms with Gasteiger partial charge in [-0.05, 0) is 13.2 Å². The minimum atomic E-state index is -0.327. The number of carbonyl (C=O) groups excluding carboxylic acids is 1. The Morgan fingerprint density at radius 1 is 1.53 bits per heavy atom. The zero-order valence-electron chi connectivity index (χ0n) is 12.0. The molecule has 0 aliphatic rings. The molecule has 2 atom stereocenters. The van der Waals surface area contributed by atoms with Gasteiger partial charge in [-0.2, -0.15) is 11.8 Å². The van der Waals surface area contributed by atoms with Crippen molar-refractivity contribution >= 4 is 17.7 Å². The van der Waals surface area contributed by atoms with Crippen LogP contribution in [0.4, 0.5) is 0 Å². The van der Waals surface area contributed by atoms with Gasteiger partial charge in [0.1, 0.15) is 5.82 Å². The van der Waals surface area contributed by atoms with Crippen LogP contribution < -0.4 is 5.32 Å². The van der Waals surface area contributed by atoms with Crippen molar-refractivity contribution in [2.75, 3.05) is 12.9 Å². The molecule has 0 aliphatic carbocycles. The standard InChI is InChI=1S/C12H22N4O2S/c1-7(8(6-17)19-5)13-10(18)9-14-11(16-15-9)12(2,3)4/h7-8,17H,6H2,1-5H3,(H,13,18)(H,14,15,16). The molecule has 1 amide bonds. The van der Waals surface area contributed by atoms with E-state index >= 15 is 0 Å². The second kappa shape index (κ2) is 6.38. The molecule has 0 saturated heterocycles. The summed E-state index contributed by atoms with van der Waals surface area (Å²) in [5.74, 6) is 0.482. The van der Waals surface area contributed by atoms with Gasteiger partial charge in [0, 0.05) is 16.7 Å². The fourth-order valence-corrected chi connectivity index (χ4v) is 2.13. The third-order valence-electron chi connectivity index (χ3n) is 2.80. The molecule has 0 saturated carbocycles. The van der Waals surface area contributed by atoms with Crippen molar-refractivity contribution < 1.29 is 9.90 Å². The maximum Gasteiger partial charge on any atom is 0.291 e. The summed E-state index contributed by atoms with van der Waals surface area (Å²) < 4.78 is 0. The zero-order chi connectivity index (χ0) is 14.6. The Morgan fingerprint density at radius 3 is 2.58 bits per heavy atom. The zero-order valence-corrected chi connectivity index (χ0v) is 12.8. The summed E-state index contributed by atoms with van der Waals surface area (Å²) in [7, 11) is 0. The van der Waals surface area contributed by atoms with Crippen molar-refractivity contribution in [1.82, 2.24) is 20.5 Å². The van der Waals surface area contributed by atoms with Crippen LogP contribution in [0.15, 0.2) is 0 Å². The topological polar surface area (TPSA) is 90.9 Å². The van der Waals surface area contributed by atoms with Crippen LogP contribution in [0.1, 0.15) is 44.1 Å². The predicted octanol–water partition coefficient (Wildman–Crippen LogP) is 0.944. The quantitative estimate of drug-likeness (QED) is 0.749. The molecule has 0 aromatic carbocycles. The van der Waals surface area contributed by atoms with Gasteiger partial charge < -0.3 is 10.4 Å². The average molecular weight is 286 g/mol. The molecule has 19 heavy (non-hydrogen) atoms. The first-order chi connectivity index (χ1) is 8.79. The van der Waals surface area contributed by atoms with E-state index in [9.17, 15) is 9.90 Å². The number of aromatic nitrogens is 3. The van der Waals surface area contributed by atoms with Crippen LogP contribution in [0.5, 0.6) is 0 Å². The van der Waals surface area contributed by atoms with Gasteiger partial charge in [0.05, 0.1) is 6.61 Å². The molecule has 3 N–H and O–H groups in total. The Bertz CT molecular complexity index is 424. The fourth-order valence-electron chi connectivity index (χ4n) is 1.50. The Balaban J connectivity index is 2.71. The number of thioether (sulfide) groups is 1. The second-order valence-corrected chi connectivity index (χ2v) is 6.55. The largest absolute Gasteiger partial charge is 0.395 e. The van der Waals surface area contributed by atoms with Crippen molar-refractivity contribution in [3.63, 3.8) is 0 Å². The molecule has 0 bridgehead atoms. The van der Waals surface area contributed by atoms with Crippen molar-refractivity contribution in [2.24, 2.45) is 0 Å². The molecule has 0 aliphatic heterocycles. The molecule has 0 spiro atoms. The first-order valence-electron chi connectivity index (χ1n) is 6.17. The lowest BCUT2D eigenvalue weighted by Crippen LogP contribution is -2.41. The molecule has 1 heterocycles. The highest BCUT2D eigenvalue weighted by molar-refractivity contribution is 7.99. The highest BCUT2D eigenvalue weighted by Crippen LogP contribution is 2.17. The average Bonchev–Trinajstić information content (AvgIpc) is 2.79. The van der Waals surface area contributed by atoms with Crippen molar-refractivity contribution in [1.29, 1.82) is 0 Å². The second-order valence-electron chi connectivity index (χ2n) is 5.48. The van der Waals surface area contributed by atoms with Crippen LogP contribution in [-0.4, -0.2) is 50.3 Å². The Kier molecular flexibility index (Phi) is 5.37. The monoisotopic (exact) mass is 286 g/mol. The summed E-state index contributed by atoms with van der Waals surface area (Å²) in [5, 5.41) is 18.7. The number of nitrogens with one attached hydrogen (secondary N) is 2. The minimum Gasteiger partial charge on any atom is -0.395 e. The van der Waals surface area contributed by atoms with E-state index in [0.717, 1.165) is 0 Å². The number of rotatable bonds is 5. The highest BCUT2D eigenvalue weighted by Gasteiger charge is 2.23. The lowest BCUT2D eigenvalue weighted by molar-refractivity contribution is 0.0925. The van der Waals surface area contributed by atoms with Gasteiger partial charge in [0.25, 0.3) is 5.91 Å². The van der Waals surface area contributed by atoms with E-state index in [1.807, 2.05) is 34.0 Å². The van der Waals surface area contributed by atoms with E-state index < -0.39 is 0 Å². The highest BCUT2D eigenvalue weighted by atomic mass is 32.2. The molecule has 1 aromatic rings. The summed E-state index contributed by atoms with van der Waals surface area (Å²) in [6.07, 6.45) is 1.90. The molecule has 7 heteroatoms. The van der Waals surface area contributed by atoms with Gasteiger partial charge in [-0.1, -0.05) is 20.8 Å². The summed E-state index contributed by atoms with van der Waals surface area (Å²) in [5.41, 5.74) is -0.177. The van der Waals surface area contributed by atoms with Crippen LogP contribution in [-0.2, 0) is 5.41 Å². The smallest absolute Gasteiger partial charge is 0.291 e. The number of amides is 1. The first-order valence-corrected chi connectivity index (χ1v) is 7.45. The third-order valence-corrected chi connectivity index (χ3v) is 3.96. The van der Waals surface area contributed by atoms with Gasteiger partial charge in [0.2, 0.25) is 5.82 Å². The van der Waals surface area contributed by atoms with Crippen molar-refractivity contribution in [3.05, 3.63) is 11.6 Å². The fraction of sp³-hybridized carbons (Fsp3) is 0.750. The SMILES string of the molecule is CSC(CO)C(C)NC(=O)c1n[nH]c(C(C)(C)C)n1. The maximum absolute atomic E-state index is 12.0. The molecule has 6 nitrogen and oxygen atoms in total. The Labute approximate surface area is 117 Å². The van der Waals surface area contributed by atoms with Crippen LogP contribution in [0, 0.1) is 0 Å². The van der Waals surface area contributed by atoms with Crippen LogP contribution in [0.25, 0.3) is 0 Å². The van der Waals surface area contributed by atoms with E-state index in [2.05, 4.69) is 20.5 Å². The van der Waals surface area contributed by atoms with Crippen LogP contribution in [0.2, 0.25) is 0 Å².